The number of nitrogens with zero attached hydrogens (tertiary/aromatic N) is 2. The molecule has 1 aliphatic rings. The van der Waals surface area contributed by atoms with E-state index in [4.69, 9.17) is 20.5 Å². The Hall–Kier alpha value is -2.73. The van der Waals surface area contributed by atoms with Gasteiger partial charge in [-0.3, -0.25) is 0 Å². The van der Waals surface area contributed by atoms with Crippen LogP contribution in [0.5, 0.6) is 0 Å². The van der Waals surface area contributed by atoms with Crippen molar-refractivity contribution < 1.29 is 4.79 Å². The van der Waals surface area contributed by atoms with E-state index in [1.54, 1.807) is 0 Å². The van der Waals surface area contributed by atoms with Gasteiger partial charge in [0.25, 0.3) is 0 Å². The summed E-state index contributed by atoms with van der Waals surface area (Å²) >= 11 is 0. The molecule has 0 aliphatic heterocycles. The molecule has 4 rings (SSSR count). The average Bonchev–Trinajstić information content (AvgIpc) is 3.00. The molecule has 1 aliphatic carbocycles. The maximum Gasteiger partial charge on any atom is 0.163 e. The third-order valence-corrected chi connectivity index (χ3v) is 5.30. The summed E-state index contributed by atoms with van der Waals surface area (Å²) in [5.41, 5.74) is 10.3. The lowest BCUT2D eigenvalue weighted by atomic mass is 9.92. The van der Waals surface area contributed by atoms with Gasteiger partial charge < -0.3 is 20.8 Å². The highest BCUT2D eigenvalue weighted by Gasteiger charge is 2.21. The van der Waals surface area contributed by atoms with Crippen LogP contribution in [0.1, 0.15) is 36.9 Å². The molecule has 0 unspecified atom stereocenters. The maximum atomic E-state index is 8.00. The van der Waals surface area contributed by atoms with E-state index < -0.39 is 0 Å². The predicted octanol–water partition coefficient (Wildman–Crippen LogP) is 3.74. The summed E-state index contributed by atoms with van der Waals surface area (Å²) in [6.45, 7) is 6.21. The lowest BCUT2D eigenvalue weighted by Gasteiger charge is -2.27. The monoisotopic (exact) mass is 365 g/mol. The number of hydrogen-bond donors (Lipinski definition) is 3. The molecule has 6 heteroatoms. The first-order valence-electron chi connectivity index (χ1n) is 9.35. The summed E-state index contributed by atoms with van der Waals surface area (Å²) in [5.74, 6) is 1.69. The van der Waals surface area contributed by atoms with E-state index in [0.29, 0.717) is 12.1 Å². The zero-order valence-electron chi connectivity index (χ0n) is 16.0. The van der Waals surface area contributed by atoms with Crippen molar-refractivity contribution in [1.29, 1.82) is 0 Å². The van der Waals surface area contributed by atoms with E-state index in [1.807, 2.05) is 37.1 Å². The molecular weight excluding hydrogens is 338 g/mol. The molecule has 6 nitrogen and oxygen atoms in total. The van der Waals surface area contributed by atoms with Gasteiger partial charge in [-0.15, -0.1) is 0 Å². The summed E-state index contributed by atoms with van der Waals surface area (Å²) in [6.07, 6.45) is 4.33. The zero-order valence-corrected chi connectivity index (χ0v) is 16.0. The van der Waals surface area contributed by atoms with Gasteiger partial charge in [-0.2, -0.15) is 0 Å². The summed E-state index contributed by atoms with van der Waals surface area (Å²) in [4.78, 5) is 21.1. The van der Waals surface area contributed by atoms with Crippen molar-refractivity contribution >= 4 is 23.6 Å². The fourth-order valence-corrected chi connectivity index (χ4v) is 3.64. The van der Waals surface area contributed by atoms with Gasteiger partial charge in [0.1, 0.15) is 18.3 Å². The minimum Gasteiger partial charge on any atom is -0.367 e. The summed E-state index contributed by atoms with van der Waals surface area (Å²) < 4.78 is 0. The number of anilines is 1. The molecule has 0 atom stereocenters. The van der Waals surface area contributed by atoms with Gasteiger partial charge in [0.2, 0.25) is 0 Å². The number of benzene rings is 1. The minimum atomic E-state index is 0.347. The average molecular weight is 365 g/mol. The quantitative estimate of drug-likeness (QED) is 0.657. The molecule has 4 N–H and O–H groups in total. The van der Waals surface area contributed by atoms with E-state index in [0.717, 1.165) is 59.6 Å². The van der Waals surface area contributed by atoms with Crippen LogP contribution in [-0.4, -0.2) is 33.8 Å². The van der Waals surface area contributed by atoms with Gasteiger partial charge in [-0.25, -0.2) is 9.97 Å². The number of carbonyl (C=O) groups is 1. The Bertz CT molecular complexity index is 898. The van der Waals surface area contributed by atoms with Crippen molar-refractivity contribution in [3.05, 3.63) is 41.6 Å². The van der Waals surface area contributed by atoms with Crippen molar-refractivity contribution in [2.45, 2.75) is 51.6 Å². The predicted molar refractivity (Wildman–Crippen MR) is 110 cm³/mol. The smallest absolute Gasteiger partial charge is 0.163 e. The Balaban J connectivity index is 0.00000102. The summed E-state index contributed by atoms with van der Waals surface area (Å²) in [5, 5.41) is 4.79. The largest absolute Gasteiger partial charge is 0.367 e. The van der Waals surface area contributed by atoms with Crippen LogP contribution in [0.2, 0.25) is 0 Å². The number of aryl methyl sites for hydroxylation is 2. The Labute approximate surface area is 159 Å². The van der Waals surface area contributed by atoms with Gasteiger partial charge >= 0.3 is 0 Å². The molecule has 1 saturated carbocycles. The topological polar surface area (TPSA) is 96.7 Å². The molecule has 2 heterocycles. The number of fused-ring (bicyclic) bond motifs is 1. The van der Waals surface area contributed by atoms with Crippen molar-refractivity contribution in [3.63, 3.8) is 0 Å². The van der Waals surface area contributed by atoms with Gasteiger partial charge in [0.15, 0.2) is 5.82 Å². The maximum absolute atomic E-state index is 8.00. The highest BCUT2D eigenvalue weighted by Crippen LogP contribution is 2.31. The number of aromatic nitrogens is 3. The highest BCUT2D eigenvalue weighted by molar-refractivity contribution is 5.92. The van der Waals surface area contributed by atoms with E-state index >= 15 is 0 Å². The molecule has 0 bridgehead atoms. The standard InChI is InChI=1S/C20H25N5.CH2O/c1-12-13(2)22-19-17(12)20(23-16-10-8-15(21)9-11-16)25-18(24-19)14-6-4-3-5-7-14;1-2/h3-7,15-16H,8-11,21H2,1-2H3,(H2,22,23,24,25);1H2. The van der Waals surface area contributed by atoms with Crippen LogP contribution in [0.3, 0.4) is 0 Å². The zero-order chi connectivity index (χ0) is 19.4. The van der Waals surface area contributed by atoms with Crippen LogP contribution in [0.25, 0.3) is 22.4 Å². The van der Waals surface area contributed by atoms with Gasteiger partial charge in [0, 0.05) is 23.3 Å². The molecule has 1 fully saturated rings. The molecular formula is C21H27N5O. The normalized spacial score (nSPS) is 19.4. The van der Waals surface area contributed by atoms with Gasteiger partial charge in [-0.1, -0.05) is 30.3 Å². The van der Waals surface area contributed by atoms with Crippen LogP contribution in [0.15, 0.2) is 30.3 Å². The summed E-state index contributed by atoms with van der Waals surface area (Å²) in [6, 6.07) is 10.9. The van der Waals surface area contributed by atoms with Gasteiger partial charge in [-0.05, 0) is 45.1 Å². The van der Waals surface area contributed by atoms with E-state index in [1.165, 1.54) is 5.56 Å². The SMILES string of the molecule is C=O.Cc1[nH]c2nc(-c3ccccc3)nc(NC3CCC(N)CC3)c2c1C. The molecule has 142 valence electrons. The second-order valence-corrected chi connectivity index (χ2v) is 7.12. The molecule has 1 aromatic carbocycles. The van der Waals surface area contributed by atoms with Crippen LogP contribution in [0.4, 0.5) is 5.82 Å². The number of H-pyrrole nitrogens is 1. The van der Waals surface area contributed by atoms with Crippen LogP contribution in [0, 0.1) is 13.8 Å². The second-order valence-electron chi connectivity index (χ2n) is 7.12. The molecule has 0 saturated heterocycles. The first kappa shape index (κ1) is 19.0. The fourth-order valence-electron chi connectivity index (χ4n) is 3.64. The minimum absolute atomic E-state index is 0.347. The van der Waals surface area contributed by atoms with Crippen molar-refractivity contribution in [2.75, 3.05) is 5.32 Å². The number of hydrogen-bond acceptors (Lipinski definition) is 5. The van der Waals surface area contributed by atoms with Gasteiger partial charge in [0.05, 0.1) is 5.39 Å². The number of nitrogens with two attached hydrogens (primary N) is 1. The van der Waals surface area contributed by atoms with Crippen LogP contribution in [-0.2, 0) is 4.79 Å². The molecule has 0 radical (unpaired) electrons. The van der Waals surface area contributed by atoms with E-state index in [-0.39, 0.29) is 0 Å². The lowest BCUT2D eigenvalue weighted by molar-refractivity contribution is -0.0979. The molecule has 0 spiro atoms. The van der Waals surface area contributed by atoms with Crippen LogP contribution < -0.4 is 11.1 Å². The molecule has 0 amide bonds. The van der Waals surface area contributed by atoms with Crippen LogP contribution >= 0.6 is 0 Å². The Morgan fingerprint density at radius 3 is 2.41 bits per heavy atom. The van der Waals surface area contributed by atoms with E-state index in [9.17, 15) is 0 Å². The molecule has 27 heavy (non-hydrogen) atoms. The first-order valence-corrected chi connectivity index (χ1v) is 9.35. The number of carbonyl (C=O) groups excluding carboxylic acids is 1. The number of aromatic amines is 1. The Morgan fingerprint density at radius 1 is 1.07 bits per heavy atom. The number of nitrogens with one attached hydrogen (secondary N) is 2. The van der Waals surface area contributed by atoms with E-state index in [2.05, 4.69) is 24.1 Å². The number of rotatable bonds is 3. The molecule has 2 aromatic heterocycles. The van der Waals surface area contributed by atoms with Crippen molar-refractivity contribution in [3.8, 4) is 11.4 Å². The summed E-state index contributed by atoms with van der Waals surface area (Å²) in [7, 11) is 0. The molecule has 3 aromatic rings. The lowest BCUT2D eigenvalue weighted by Crippen LogP contribution is -2.33. The van der Waals surface area contributed by atoms with Crippen molar-refractivity contribution in [1.82, 2.24) is 15.0 Å². The third kappa shape index (κ3) is 4.01. The fraction of sp³-hybridized carbons (Fsp3) is 0.381. The Morgan fingerprint density at radius 2 is 1.74 bits per heavy atom. The van der Waals surface area contributed by atoms with Crippen molar-refractivity contribution in [2.24, 2.45) is 5.73 Å². The Kier molecular flexibility index (Phi) is 5.86. The third-order valence-electron chi connectivity index (χ3n) is 5.30. The highest BCUT2D eigenvalue weighted by atomic mass is 16.1. The first-order chi connectivity index (χ1) is 13.1. The second kappa shape index (κ2) is 8.31.